The van der Waals surface area contributed by atoms with Gasteiger partial charge in [0.1, 0.15) is 5.75 Å². The number of alkyl halides is 1. The van der Waals surface area contributed by atoms with Crippen molar-refractivity contribution in [2.75, 3.05) is 7.11 Å². The van der Waals surface area contributed by atoms with Crippen molar-refractivity contribution in [1.29, 1.82) is 0 Å². The Bertz CT molecular complexity index is 568. The molecular weight excluding hydrogens is 324 g/mol. The number of ether oxygens (including phenoxy) is 1. The Labute approximate surface area is 127 Å². The number of hydrogen-bond donors (Lipinski definition) is 0. The van der Waals surface area contributed by atoms with Crippen LogP contribution in [0.15, 0.2) is 46.9 Å². The highest BCUT2D eigenvalue weighted by molar-refractivity contribution is 9.10. The molecule has 2 rings (SSSR count). The van der Waals surface area contributed by atoms with Gasteiger partial charge in [0.15, 0.2) is 0 Å². The topological polar surface area (TPSA) is 9.23 Å². The van der Waals surface area contributed by atoms with Crippen molar-refractivity contribution in [3.8, 4) is 5.75 Å². The highest BCUT2D eigenvalue weighted by Gasteiger charge is 2.12. The van der Waals surface area contributed by atoms with Crippen LogP contribution in [0.4, 0.5) is 0 Å². The lowest BCUT2D eigenvalue weighted by Crippen LogP contribution is -1.99. The number of methoxy groups -OCH3 is 1. The predicted octanol–water partition coefficient (Wildman–Crippen LogP) is 5.29. The lowest BCUT2D eigenvalue weighted by atomic mass is 10.00. The van der Waals surface area contributed by atoms with E-state index in [1.165, 1.54) is 5.56 Å². The van der Waals surface area contributed by atoms with E-state index in [2.05, 4.69) is 35.0 Å². The second-order valence-corrected chi connectivity index (χ2v) is 5.97. The molecule has 0 bridgehead atoms. The Hall–Kier alpha value is -0.990. The largest absolute Gasteiger partial charge is 0.497 e. The number of aryl methyl sites for hydroxylation is 1. The molecule has 2 aromatic carbocycles. The summed E-state index contributed by atoms with van der Waals surface area (Å²) in [6.07, 6.45) is 0.814. The Morgan fingerprint density at radius 2 is 2.00 bits per heavy atom. The maximum absolute atomic E-state index is 6.54. The van der Waals surface area contributed by atoms with Gasteiger partial charge in [-0.3, -0.25) is 0 Å². The average Bonchev–Trinajstić information content (AvgIpc) is 2.38. The van der Waals surface area contributed by atoms with Gasteiger partial charge in [-0.15, -0.1) is 11.6 Å². The first-order valence-electron chi connectivity index (χ1n) is 6.13. The Balaban J connectivity index is 2.18. The van der Waals surface area contributed by atoms with Gasteiger partial charge in [-0.25, -0.2) is 0 Å². The molecule has 0 aliphatic rings. The number of rotatable bonds is 4. The van der Waals surface area contributed by atoms with Gasteiger partial charge in [0.05, 0.1) is 12.5 Å². The van der Waals surface area contributed by atoms with Gasteiger partial charge in [0.25, 0.3) is 0 Å². The van der Waals surface area contributed by atoms with Crippen molar-refractivity contribution in [2.24, 2.45) is 0 Å². The van der Waals surface area contributed by atoms with Crippen molar-refractivity contribution in [3.05, 3.63) is 63.6 Å². The average molecular weight is 340 g/mol. The van der Waals surface area contributed by atoms with Gasteiger partial charge in [-0.2, -0.15) is 0 Å². The van der Waals surface area contributed by atoms with Crippen molar-refractivity contribution in [3.63, 3.8) is 0 Å². The zero-order chi connectivity index (χ0) is 13.8. The molecule has 0 saturated carbocycles. The fraction of sp³-hybridized carbons (Fsp3) is 0.250. The summed E-state index contributed by atoms with van der Waals surface area (Å²) >= 11 is 10.0. The quantitative estimate of drug-likeness (QED) is 0.688. The van der Waals surface area contributed by atoms with Crippen LogP contribution in [0.3, 0.4) is 0 Å². The van der Waals surface area contributed by atoms with Crippen molar-refractivity contribution >= 4 is 27.5 Å². The van der Waals surface area contributed by atoms with E-state index < -0.39 is 0 Å². The summed E-state index contributed by atoms with van der Waals surface area (Å²) in [7, 11) is 1.67. The first-order chi connectivity index (χ1) is 9.10. The summed E-state index contributed by atoms with van der Waals surface area (Å²) in [5.74, 6) is 0.868. The standard InChI is InChI=1S/C16H16BrClO/c1-11-8-14(19-2)6-7-15(11)16(18)10-12-4-3-5-13(17)9-12/h3-9,16H,10H2,1-2H3. The fourth-order valence-electron chi connectivity index (χ4n) is 2.11. The van der Waals surface area contributed by atoms with E-state index in [1.54, 1.807) is 7.11 Å². The Kier molecular flexibility index (Phi) is 4.89. The van der Waals surface area contributed by atoms with Gasteiger partial charge < -0.3 is 4.74 Å². The molecule has 0 aliphatic carbocycles. The van der Waals surface area contributed by atoms with E-state index in [1.807, 2.05) is 30.3 Å². The van der Waals surface area contributed by atoms with Gasteiger partial charge in [-0.05, 0) is 54.3 Å². The smallest absolute Gasteiger partial charge is 0.119 e. The molecule has 1 atom stereocenters. The van der Waals surface area contributed by atoms with Crippen LogP contribution in [-0.4, -0.2) is 7.11 Å². The zero-order valence-electron chi connectivity index (χ0n) is 11.0. The maximum Gasteiger partial charge on any atom is 0.119 e. The molecule has 100 valence electrons. The summed E-state index contributed by atoms with van der Waals surface area (Å²) < 4.78 is 6.30. The first kappa shape index (κ1) is 14.4. The van der Waals surface area contributed by atoms with Crippen LogP contribution < -0.4 is 4.74 Å². The monoisotopic (exact) mass is 338 g/mol. The Morgan fingerprint density at radius 3 is 2.63 bits per heavy atom. The molecule has 19 heavy (non-hydrogen) atoms. The SMILES string of the molecule is COc1ccc(C(Cl)Cc2cccc(Br)c2)c(C)c1. The third-order valence-electron chi connectivity index (χ3n) is 3.12. The van der Waals surface area contributed by atoms with E-state index in [9.17, 15) is 0 Å². The van der Waals surface area contributed by atoms with Crippen LogP contribution in [0, 0.1) is 6.92 Å². The summed E-state index contributed by atoms with van der Waals surface area (Å²) in [5, 5.41) is -0.0276. The van der Waals surface area contributed by atoms with Crippen molar-refractivity contribution in [2.45, 2.75) is 18.7 Å². The molecular formula is C16H16BrClO. The first-order valence-corrected chi connectivity index (χ1v) is 7.36. The fourth-order valence-corrected chi connectivity index (χ4v) is 2.98. The van der Waals surface area contributed by atoms with Gasteiger partial charge >= 0.3 is 0 Å². The number of halogens is 2. The van der Waals surface area contributed by atoms with Crippen LogP contribution in [0.1, 0.15) is 22.1 Å². The molecule has 0 aliphatic heterocycles. The lowest BCUT2D eigenvalue weighted by Gasteiger charge is -2.14. The maximum atomic E-state index is 6.54. The Morgan fingerprint density at radius 1 is 1.21 bits per heavy atom. The molecule has 0 N–H and O–H groups in total. The third kappa shape index (κ3) is 3.74. The molecule has 0 saturated heterocycles. The second kappa shape index (κ2) is 6.44. The highest BCUT2D eigenvalue weighted by Crippen LogP contribution is 2.30. The lowest BCUT2D eigenvalue weighted by molar-refractivity contribution is 0.414. The molecule has 0 fully saturated rings. The molecule has 0 radical (unpaired) electrons. The molecule has 1 unspecified atom stereocenters. The van der Waals surface area contributed by atoms with Crippen LogP contribution in [0.25, 0.3) is 0 Å². The minimum absolute atomic E-state index is 0.0276. The summed E-state index contributed by atoms with van der Waals surface area (Å²) in [6, 6.07) is 14.3. The molecule has 0 aromatic heterocycles. The van der Waals surface area contributed by atoms with E-state index in [4.69, 9.17) is 16.3 Å². The van der Waals surface area contributed by atoms with Crippen LogP contribution in [-0.2, 0) is 6.42 Å². The van der Waals surface area contributed by atoms with Crippen LogP contribution in [0.2, 0.25) is 0 Å². The van der Waals surface area contributed by atoms with E-state index >= 15 is 0 Å². The molecule has 2 aromatic rings. The molecule has 1 nitrogen and oxygen atoms in total. The predicted molar refractivity (Wildman–Crippen MR) is 84.2 cm³/mol. The minimum Gasteiger partial charge on any atom is -0.497 e. The van der Waals surface area contributed by atoms with Crippen LogP contribution in [0.5, 0.6) is 5.75 Å². The molecule has 0 heterocycles. The summed E-state index contributed by atoms with van der Waals surface area (Å²) in [6.45, 7) is 2.06. The number of benzene rings is 2. The van der Waals surface area contributed by atoms with E-state index in [0.717, 1.165) is 27.8 Å². The van der Waals surface area contributed by atoms with Crippen molar-refractivity contribution < 1.29 is 4.74 Å². The second-order valence-electron chi connectivity index (χ2n) is 4.52. The normalized spacial score (nSPS) is 12.2. The van der Waals surface area contributed by atoms with Gasteiger partial charge in [0, 0.05) is 4.47 Å². The van der Waals surface area contributed by atoms with Gasteiger partial charge in [0.2, 0.25) is 0 Å². The number of hydrogen-bond acceptors (Lipinski definition) is 1. The summed E-state index contributed by atoms with van der Waals surface area (Å²) in [4.78, 5) is 0. The van der Waals surface area contributed by atoms with Crippen LogP contribution >= 0.6 is 27.5 Å². The van der Waals surface area contributed by atoms with E-state index in [0.29, 0.717) is 0 Å². The summed E-state index contributed by atoms with van der Waals surface area (Å²) in [5.41, 5.74) is 3.54. The minimum atomic E-state index is -0.0276. The zero-order valence-corrected chi connectivity index (χ0v) is 13.3. The van der Waals surface area contributed by atoms with E-state index in [-0.39, 0.29) is 5.38 Å². The highest BCUT2D eigenvalue weighted by atomic mass is 79.9. The van der Waals surface area contributed by atoms with Gasteiger partial charge in [-0.1, -0.05) is 34.1 Å². The molecule has 0 spiro atoms. The molecule has 3 heteroatoms. The van der Waals surface area contributed by atoms with Crippen molar-refractivity contribution in [1.82, 2.24) is 0 Å². The third-order valence-corrected chi connectivity index (χ3v) is 4.00. The molecule has 0 amide bonds.